The highest BCUT2D eigenvalue weighted by atomic mass is 16.2. The van der Waals surface area contributed by atoms with Crippen molar-refractivity contribution in [2.45, 2.75) is 26.4 Å². The monoisotopic (exact) mass is 311 g/mol. The highest BCUT2D eigenvalue weighted by Gasteiger charge is 2.15. The number of amides is 1. The molecule has 7 heteroatoms. The second-order valence-electron chi connectivity index (χ2n) is 5.55. The maximum Gasteiger partial charge on any atom is 0.270 e. The van der Waals surface area contributed by atoms with E-state index in [-0.39, 0.29) is 17.2 Å². The average molecular weight is 311 g/mol. The summed E-state index contributed by atoms with van der Waals surface area (Å²) in [5.41, 5.74) is 1.10. The van der Waals surface area contributed by atoms with Crippen LogP contribution in [0.2, 0.25) is 0 Å². The third-order valence-electron chi connectivity index (χ3n) is 3.52. The molecule has 1 atom stereocenters. The maximum absolute atomic E-state index is 12.5. The molecule has 0 bridgehead atoms. The van der Waals surface area contributed by atoms with E-state index >= 15 is 0 Å². The Morgan fingerprint density at radius 2 is 2.22 bits per heavy atom. The Hall–Kier alpha value is -2.96. The van der Waals surface area contributed by atoms with Gasteiger partial charge in [-0.3, -0.25) is 14.0 Å². The number of aryl methyl sites for hydroxylation is 1. The van der Waals surface area contributed by atoms with Crippen LogP contribution >= 0.6 is 0 Å². The lowest BCUT2D eigenvalue weighted by atomic mass is 10.2. The van der Waals surface area contributed by atoms with E-state index in [0.717, 1.165) is 5.56 Å². The van der Waals surface area contributed by atoms with Gasteiger partial charge in [0.2, 0.25) is 0 Å². The Balaban J connectivity index is 1.83. The lowest BCUT2D eigenvalue weighted by molar-refractivity contribution is 0.0934. The molecule has 1 amide bonds. The first-order valence-corrected chi connectivity index (χ1v) is 7.29. The highest BCUT2D eigenvalue weighted by molar-refractivity contribution is 5.93. The fourth-order valence-corrected chi connectivity index (χ4v) is 2.40. The van der Waals surface area contributed by atoms with E-state index in [0.29, 0.717) is 12.2 Å². The molecule has 3 aromatic heterocycles. The third-order valence-corrected chi connectivity index (χ3v) is 3.52. The molecule has 1 N–H and O–H groups in total. The quantitative estimate of drug-likeness (QED) is 0.780. The standard InChI is InChI=1S/C16H17N5O2/c1-11-3-4-14-18-7-13(16(23)21(14)8-11)15(22)19-12(2)9-20-6-5-17-10-20/h3-8,10,12H,9H2,1-2H3,(H,19,22). The number of hydrogen-bond donors (Lipinski definition) is 1. The van der Waals surface area contributed by atoms with Crippen LogP contribution in [0.3, 0.4) is 0 Å². The number of aromatic nitrogens is 4. The Labute approximate surface area is 132 Å². The number of carbonyl (C=O) groups is 1. The van der Waals surface area contributed by atoms with Crippen molar-refractivity contribution in [2.75, 3.05) is 0 Å². The number of fused-ring (bicyclic) bond motifs is 1. The lowest BCUT2D eigenvalue weighted by Gasteiger charge is -2.14. The molecular formula is C16H17N5O2. The maximum atomic E-state index is 12.5. The van der Waals surface area contributed by atoms with E-state index in [2.05, 4.69) is 15.3 Å². The minimum absolute atomic E-state index is 0.0329. The third kappa shape index (κ3) is 3.13. The van der Waals surface area contributed by atoms with Gasteiger partial charge >= 0.3 is 0 Å². The number of nitrogens with one attached hydrogen (secondary N) is 1. The predicted octanol–water partition coefficient (Wildman–Crippen LogP) is 1.02. The van der Waals surface area contributed by atoms with Crippen LogP contribution in [0.25, 0.3) is 5.65 Å². The fourth-order valence-electron chi connectivity index (χ4n) is 2.40. The molecule has 1 unspecified atom stereocenters. The van der Waals surface area contributed by atoms with Gasteiger partial charge < -0.3 is 9.88 Å². The zero-order valence-corrected chi connectivity index (χ0v) is 12.9. The van der Waals surface area contributed by atoms with Gasteiger partial charge in [0.15, 0.2) is 0 Å². The molecule has 0 aromatic carbocycles. The van der Waals surface area contributed by atoms with Crippen molar-refractivity contribution >= 4 is 11.6 Å². The summed E-state index contributed by atoms with van der Waals surface area (Å²) in [6.07, 6.45) is 8.18. The predicted molar refractivity (Wildman–Crippen MR) is 85.4 cm³/mol. The first-order valence-electron chi connectivity index (χ1n) is 7.29. The molecular weight excluding hydrogens is 294 g/mol. The Morgan fingerprint density at radius 3 is 2.96 bits per heavy atom. The minimum atomic E-state index is -0.425. The highest BCUT2D eigenvalue weighted by Crippen LogP contribution is 2.02. The summed E-state index contributed by atoms with van der Waals surface area (Å²) < 4.78 is 3.25. The summed E-state index contributed by atoms with van der Waals surface area (Å²) in [7, 11) is 0. The van der Waals surface area contributed by atoms with Crippen LogP contribution in [0, 0.1) is 6.92 Å². The van der Waals surface area contributed by atoms with Crippen molar-refractivity contribution in [3.63, 3.8) is 0 Å². The molecule has 118 valence electrons. The Morgan fingerprint density at radius 1 is 1.39 bits per heavy atom. The van der Waals surface area contributed by atoms with Crippen molar-refractivity contribution in [3.05, 3.63) is 64.7 Å². The molecule has 0 saturated carbocycles. The van der Waals surface area contributed by atoms with Gasteiger partial charge in [0, 0.05) is 37.4 Å². The molecule has 0 fully saturated rings. The molecule has 0 aliphatic rings. The van der Waals surface area contributed by atoms with Crippen LogP contribution in [0.5, 0.6) is 0 Å². The van der Waals surface area contributed by atoms with Crippen molar-refractivity contribution in [1.29, 1.82) is 0 Å². The van der Waals surface area contributed by atoms with Gasteiger partial charge in [0.1, 0.15) is 11.2 Å². The minimum Gasteiger partial charge on any atom is -0.348 e. The molecule has 3 rings (SSSR count). The van der Waals surface area contributed by atoms with Gasteiger partial charge in [-0.2, -0.15) is 0 Å². The molecule has 0 aliphatic heterocycles. The Bertz CT molecular complexity index is 898. The first kappa shape index (κ1) is 15.0. The van der Waals surface area contributed by atoms with E-state index in [1.807, 2.05) is 30.7 Å². The zero-order chi connectivity index (χ0) is 16.4. The lowest BCUT2D eigenvalue weighted by Crippen LogP contribution is -2.38. The average Bonchev–Trinajstić information content (AvgIpc) is 3.00. The largest absolute Gasteiger partial charge is 0.348 e. The Kier molecular flexibility index (Phi) is 3.92. The molecule has 3 aromatic rings. The fraction of sp³-hybridized carbons (Fsp3) is 0.250. The summed E-state index contributed by atoms with van der Waals surface area (Å²) in [4.78, 5) is 32.9. The topological polar surface area (TPSA) is 81.3 Å². The second kappa shape index (κ2) is 6.04. The SMILES string of the molecule is Cc1ccc2ncc(C(=O)NC(C)Cn3ccnc3)c(=O)n2c1. The van der Waals surface area contributed by atoms with Crippen molar-refractivity contribution in [1.82, 2.24) is 24.3 Å². The molecule has 0 aliphatic carbocycles. The molecule has 0 radical (unpaired) electrons. The van der Waals surface area contributed by atoms with E-state index in [1.54, 1.807) is 24.8 Å². The van der Waals surface area contributed by atoms with E-state index < -0.39 is 5.91 Å². The van der Waals surface area contributed by atoms with Gasteiger partial charge in [0.05, 0.1) is 6.33 Å². The molecule has 0 spiro atoms. The van der Waals surface area contributed by atoms with Crippen LogP contribution in [0.15, 0.2) is 48.0 Å². The van der Waals surface area contributed by atoms with Crippen LogP contribution in [0.4, 0.5) is 0 Å². The summed E-state index contributed by atoms with van der Waals surface area (Å²) in [5, 5.41) is 2.81. The van der Waals surface area contributed by atoms with Gasteiger partial charge in [-0.05, 0) is 25.5 Å². The molecule has 0 saturated heterocycles. The van der Waals surface area contributed by atoms with Gasteiger partial charge in [-0.1, -0.05) is 6.07 Å². The summed E-state index contributed by atoms with van der Waals surface area (Å²) in [6.45, 7) is 4.33. The summed E-state index contributed by atoms with van der Waals surface area (Å²) >= 11 is 0. The van der Waals surface area contributed by atoms with E-state index in [1.165, 1.54) is 10.6 Å². The van der Waals surface area contributed by atoms with Crippen molar-refractivity contribution in [2.24, 2.45) is 0 Å². The smallest absolute Gasteiger partial charge is 0.270 e. The number of imidazole rings is 1. The zero-order valence-electron chi connectivity index (χ0n) is 12.9. The van der Waals surface area contributed by atoms with Crippen LogP contribution < -0.4 is 10.9 Å². The molecule has 3 heterocycles. The number of pyridine rings is 1. The van der Waals surface area contributed by atoms with Crippen molar-refractivity contribution in [3.8, 4) is 0 Å². The van der Waals surface area contributed by atoms with Crippen LogP contribution in [-0.4, -0.2) is 30.9 Å². The first-order chi connectivity index (χ1) is 11.0. The number of nitrogens with zero attached hydrogens (tertiary/aromatic N) is 4. The number of rotatable bonds is 4. The van der Waals surface area contributed by atoms with E-state index in [9.17, 15) is 9.59 Å². The normalized spacial score (nSPS) is 12.3. The van der Waals surface area contributed by atoms with Crippen LogP contribution in [0.1, 0.15) is 22.8 Å². The number of carbonyl (C=O) groups excluding carboxylic acids is 1. The summed E-state index contributed by atoms with van der Waals surface area (Å²) in [6, 6.07) is 3.48. The van der Waals surface area contributed by atoms with Crippen LogP contribution in [-0.2, 0) is 6.54 Å². The van der Waals surface area contributed by atoms with Gasteiger partial charge in [0.25, 0.3) is 11.5 Å². The second-order valence-corrected chi connectivity index (χ2v) is 5.55. The molecule has 23 heavy (non-hydrogen) atoms. The summed E-state index contributed by atoms with van der Waals surface area (Å²) in [5.74, 6) is -0.425. The number of hydrogen-bond acceptors (Lipinski definition) is 4. The van der Waals surface area contributed by atoms with Gasteiger partial charge in [-0.25, -0.2) is 9.97 Å². The molecule has 7 nitrogen and oxygen atoms in total. The van der Waals surface area contributed by atoms with Crippen molar-refractivity contribution < 1.29 is 4.79 Å². The van der Waals surface area contributed by atoms with E-state index in [4.69, 9.17) is 0 Å². The van der Waals surface area contributed by atoms with Gasteiger partial charge in [-0.15, -0.1) is 0 Å².